The van der Waals surface area contributed by atoms with Gasteiger partial charge < -0.3 is 4.74 Å². The quantitative estimate of drug-likeness (QED) is 0.703. The van der Waals surface area contributed by atoms with Gasteiger partial charge in [-0.1, -0.05) is 36.4 Å². The van der Waals surface area contributed by atoms with E-state index in [0.717, 1.165) is 37.5 Å². The normalized spacial score (nSPS) is 13.6. The Hall–Kier alpha value is -1.98. The van der Waals surface area contributed by atoms with Crippen LogP contribution >= 0.6 is 12.4 Å². The molecule has 0 fully saturated rings. The van der Waals surface area contributed by atoms with Gasteiger partial charge in [-0.25, -0.2) is 0 Å². The van der Waals surface area contributed by atoms with Gasteiger partial charge in [-0.05, 0) is 41.9 Å². The first-order valence-corrected chi connectivity index (χ1v) is 8.19. The number of fused-ring (bicyclic) bond motifs is 1. The maximum absolute atomic E-state index is 12.7. The summed E-state index contributed by atoms with van der Waals surface area (Å²) in [6, 6.07) is 11.6. The standard InChI is InChI=1S/C20H20F3NO.ClH/c1-24(14-16-7-8-19-17(12-16)9-11-25-19)10-3-5-15-4-2-6-18(13-15)20(21,22)23;/h2-8,12-13H,9-11,14H2,1H3;1H/b5-3+;. The van der Waals surface area contributed by atoms with Crippen LogP contribution in [-0.2, 0) is 19.1 Å². The third kappa shape index (κ3) is 5.26. The van der Waals surface area contributed by atoms with Crippen molar-refractivity contribution in [1.29, 1.82) is 0 Å². The molecule has 3 rings (SSSR count). The molecule has 1 aliphatic rings. The Morgan fingerprint density at radius 1 is 1.15 bits per heavy atom. The third-order valence-corrected chi connectivity index (χ3v) is 4.15. The van der Waals surface area contributed by atoms with E-state index in [1.54, 1.807) is 12.1 Å². The van der Waals surface area contributed by atoms with Crippen molar-refractivity contribution in [2.45, 2.75) is 19.1 Å². The molecule has 140 valence electrons. The molecule has 0 saturated carbocycles. The Kier molecular flexibility index (Phi) is 6.73. The van der Waals surface area contributed by atoms with Crippen molar-refractivity contribution in [3.63, 3.8) is 0 Å². The number of benzene rings is 2. The Morgan fingerprint density at radius 2 is 1.96 bits per heavy atom. The molecule has 2 aromatic carbocycles. The topological polar surface area (TPSA) is 12.5 Å². The van der Waals surface area contributed by atoms with E-state index >= 15 is 0 Å². The van der Waals surface area contributed by atoms with E-state index in [-0.39, 0.29) is 12.4 Å². The van der Waals surface area contributed by atoms with Gasteiger partial charge in [0.2, 0.25) is 0 Å². The molecule has 0 bridgehead atoms. The van der Waals surface area contributed by atoms with E-state index in [0.29, 0.717) is 12.1 Å². The lowest BCUT2D eigenvalue weighted by atomic mass is 10.1. The van der Waals surface area contributed by atoms with Gasteiger partial charge in [0.05, 0.1) is 12.2 Å². The number of hydrogen-bond donors (Lipinski definition) is 0. The van der Waals surface area contributed by atoms with Crippen molar-refractivity contribution >= 4 is 18.5 Å². The van der Waals surface area contributed by atoms with E-state index < -0.39 is 11.7 Å². The van der Waals surface area contributed by atoms with Crippen LogP contribution < -0.4 is 4.74 Å². The molecular formula is C20H21ClF3NO. The molecule has 2 nitrogen and oxygen atoms in total. The molecule has 26 heavy (non-hydrogen) atoms. The first kappa shape index (κ1) is 20.3. The molecule has 0 radical (unpaired) electrons. The lowest BCUT2D eigenvalue weighted by Crippen LogP contribution is -2.17. The second-order valence-corrected chi connectivity index (χ2v) is 6.26. The molecule has 0 saturated heterocycles. The number of rotatable bonds is 5. The highest BCUT2D eigenvalue weighted by atomic mass is 35.5. The second kappa shape index (κ2) is 8.60. The molecule has 6 heteroatoms. The predicted octanol–water partition coefficient (Wildman–Crippen LogP) is 5.21. The Morgan fingerprint density at radius 3 is 2.73 bits per heavy atom. The number of nitrogens with zero attached hydrogens (tertiary/aromatic N) is 1. The highest BCUT2D eigenvalue weighted by Gasteiger charge is 2.30. The third-order valence-electron chi connectivity index (χ3n) is 4.15. The van der Waals surface area contributed by atoms with E-state index in [2.05, 4.69) is 17.0 Å². The van der Waals surface area contributed by atoms with Gasteiger partial charge in [0, 0.05) is 19.5 Å². The number of likely N-dealkylation sites (N-methyl/N-ethyl adjacent to an activating group) is 1. The Labute approximate surface area is 157 Å². The van der Waals surface area contributed by atoms with E-state index in [1.807, 2.05) is 19.2 Å². The minimum Gasteiger partial charge on any atom is -0.493 e. The largest absolute Gasteiger partial charge is 0.493 e. The average molecular weight is 384 g/mol. The second-order valence-electron chi connectivity index (χ2n) is 6.26. The minimum atomic E-state index is -4.31. The van der Waals surface area contributed by atoms with E-state index in [9.17, 15) is 13.2 Å². The fraction of sp³-hybridized carbons (Fsp3) is 0.300. The van der Waals surface area contributed by atoms with Crippen LogP contribution in [-0.4, -0.2) is 25.1 Å². The van der Waals surface area contributed by atoms with Gasteiger partial charge in [0.15, 0.2) is 0 Å². The van der Waals surface area contributed by atoms with E-state index in [1.165, 1.54) is 17.2 Å². The first-order valence-electron chi connectivity index (χ1n) is 8.19. The van der Waals surface area contributed by atoms with Gasteiger partial charge >= 0.3 is 6.18 Å². The van der Waals surface area contributed by atoms with Crippen LogP contribution in [0.15, 0.2) is 48.5 Å². The zero-order valence-corrected chi connectivity index (χ0v) is 15.2. The van der Waals surface area contributed by atoms with Crippen molar-refractivity contribution in [2.75, 3.05) is 20.2 Å². The summed E-state index contributed by atoms with van der Waals surface area (Å²) in [6.45, 7) is 2.18. The van der Waals surface area contributed by atoms with Crippen LogP contribution in [0.1, 0.15) is 22.3 Å². The minimum absolute atomic E-state index is 0. The molecule has 0 atom stereocenters. The molecule has 0 aliphatic carbocycles. The molecular weight excluding hydrogens is 363 g/mol. The van der Waals surface area contributed by atoms with Crippen molar-refractivity contribution in [3.05, 3.63) is 70.8 Å². The van der Waals surface area contributed by atoms with Crippen LogP contribution in [0.4, 0.5) is 13.2 Å². The zero-order valence-electron chi connectivity index (χ0n) is 14.4. The monoisotopic (exact) mass is 383 g/mol. The molecule has 0 amide bonds. The van der Waals surface area contributed by atoms with Crippen LogP contribution in [0.25, 0.3) is 6.08 Å². The van der Waals surface area contributed by atoms with Gasteiger partial charge in [-0.2, -0.15) is 13.2 Å². The first-order chi connectivity index (χ1) is 11.9. The fourth-order valence-electron chi connectivity index (χ4n) is 2.90. The maximum Gasteiger partial charge on any atom is 0.416 e. The summed E-state index contributed by atoms with van der Waals surface area (Å²) < 4.78 is 43.6. The number of ether oxygens (including phenoxy) is 1. The summed E-state index contributed by atoms with van der Waals surface area (Å²) in [5.74, 6) is 0.968. The summed E-state index contributed by atoms with van der Waals surface area (Å²) in [5.41, 5.74) is 2.38. The Bertz CT molecular complexity index is 774. The number of alkyl halides is 3. The van der Waals surface area contributed by atoms with Gasteiger partial charge in [0.1, 0.15) is 5.75 Å². The molecule has 1 heterocycles. The maximum atomic E-state index is 12.7. The molecule has 0 aromatic heterocycles. The number of hydrogen-bond acceptors (Lipinski definition) is 2. The van der Waals surface area contributed by atoms with Gasteiger partial charge in [-0.15, -0.1) is 12.4 Å². The highest BCUT2D eigenvalue weighted by molar-refractivity contribution is 5.85. The Balaban J connectivity index is 0.00000243. The fourth-order valence-corrected chi connectivity index (χ4v) is 2.90. The SMILES string of the molecule is CN(C/C=C/c1cccc(C(F)(F)F)c1)Cc1ccc2c(c1)CCO2.Cl. The van der Waals surface area contributed by atoms with Gasteiger partial charge in [-0.3, -0.25) is 4.90 Å². The molecule has 0 unspecified atom stereocenters. The zero-order chi connectivity index (χ0) is 17.9. The van der Waals surface area contributed by atoms with Crippen LogP contribution in [0.2, 0.25) is 0 Å². The van der Waals surface area contributed by atoms with Crippen molar-refractivity contribution in [2.24, 2.45) is 0 Å². The summed E-state index contributed by atoms with van der Waals surface area (Å²) in [7, 11) is 1.99. The van der Waals surface area contributed by atoms with E-state index in [4.69, 9.17) is 4.74 Å². The summed E-state index contributed by atoms with van der Waals surface area (Å²) in [4.78, 5) is 2.11. The molecule has 0 spiro atoms. The lowest BCUT2D eigenvalue weighted by Gasteiger charge is -2.15. The summed E-state index contributed by atoms with van der Waals surface area (Å²) in [5, 5.41) is 0. The van der Waals surface area contributed by atoms with Crippen LogP contribution in [0, 0.1) is 0 Å². The molecule has 0 N–H and O–H groups in total. The predicted molar refractivity (Wildman–Crippen MR) is 99.7 cm³/mol. The highest BCUT2D eigenvalue weighted by Crippen LogP contribution is 2.30. The van der Waals surface area contributed by atoms with Crippen molar-refractivity contribution in [3.8, 4) is 5.75 Å². The number of halogens is 4. The van der Waals surface area contributed by atoms with Crippen LogP contribution in [0.5, 0.6) is 5.75 Å². The molecule has 2 aromatic rings. The smallest absolute Gasteiger partial charge is 0.416 e. The lowest BCUT2D eigenvalue weighted by molar-refractivity contribution is -0.137. The van der Waals surface area contributed by atoms with Crippen molar-refractivity contribution < 1.29 is 17.9 Å². The summed E-state index contributed by atoms with van der Waals surface area (Å²) in [6.07, 6.45) is 0.245. The van der Waals surface area contributed by atoms with Gasteiger partial charge in [0.25, 0.3) is 0 Å². The summed E-state index contributed by atoms with van der Waals surface area (Å²) >= 11 is 0. The average Bonchev–Trinajstić information content (AvgIpc) is 3.02. The van der Waals surface area contributed by atoms with Crippen LogP contribution in [0.3, 0.4) is 0 Å². The molecule has 1 aliphatic heterocycles. The van der Waals surface area contributed by atoms with Crippen molar-refractivity contribution in [1.82, 2.24) is 4.90 Å².